The van der Waals surface area contributed by atoms with E-state index in [1.54, 1.807) is 0 Å². The fourth-order valence-electron chi connectivity index (χ4n) is 2.63. The van der Waals surface area contributed by atoms with Crippen LogP contribution in [-0.2, 0) is 9.53 Å². The fraction of sp³-hybridized carbons (Fsp3) is 0.533. The van der Waals surface area contributed by atoms with Crippen LogP contribution in [0.1, 0.15) is 38.8 Å². The Morgan fingerprint density at radius 3 is 2.67 bits per heavy atom. The first-order chi connectivity index (χ1) is 8.51. The van der Waals surface area contributed by atoms with E-state index in [-0.39, 0.29) is 12.0 Å². The molecule has 0 radical (unpaired) electrons. The van der Waals surface area contributed by atoms with Crippen LogP contribution in [-0.4, -0.2) is 18.1 Å². The molecule has 0 unspecified atom stereocenters. The van der Waals surface area contributed by atoms with E-state index in [0.29, 0.717) is 12.5 Å². The summed E-state index contributed by atoms with van der Waals surface area (Å²) in [5, 5.41) is 3.45. The summed E-state index contributed by atoms with van der Waals surface area (Å²) in [4.78, 5) is 11.9. The Labute approximate surface area is 109 Å². The van der Waals surface area contributed by atoms with Crippen LogP contribution < -0.4 is 5.32 Å². The number of benzene rings is 1. The maximum Gasteiger partial charge on any atom is 0.326 e. The Hall–Kier alpha value is -1.35. The van der Waals surface area contributed by atoms with Gasteiger partial charge in [-0.1, -0.05) is 44.2 Å². The molecule has 1 aromatic rings. The van der Waals surface area contributed by atoms with E-state index in [0.717, 1.165) is 6.42 Å². The van der Waals surface area contributed by atoms with E-state index in [4.69, 9.17) is 4.74 Å². The fourth-order valence-corrected chi connectivity index (χ4v) is 2.63. The van der Waals surface area contributed by atoms with Gasteiger partial charge < -0.3 is 4.74 Å². The zero-order valence-corrected chi connectivity index (χ0v) is 11.3. The monoisotopic (exact) mass is 247 g/mol. The zero-order valence-electron chi connectivity index (χ0n) is 11.3. The quantitative estimate of drug-likeness (QED) is 0.835. The van der Waals surface area contributed by atoms with Crippen molar-refractivity contribution in [2.45, 2.75) is 38.8 Å². The van der Waals surface area contributed by atoms with Crippen molar-refractivity contribution >= 4 is 5.97 Å². The Balaban J connectivity index is 2.16. The molecule has 18 heavy (non-hydrogen) atoms. The second-order valence-corrected chi connectivity index (χ2v) is 5.64. The van der Waals surface area contributed by atoms with Crippen LogP contribution in [0.25, 0.3) is 0 Å². The minimum Gasteiger partial charge on any atom is -0.462 e. The second kappa shape index (κ2) is 5.11. The summed E-state index contributed by atoms with van der Waals surface area (Å²) in [5.74, 6) is 0.313. The van der Waals surface area contributed by atoms with Gasteiger partial charge in [0, 0.05) is 0 Å². The van der Waals surface area contributed by atoms with Gasteiger partial charge >= 0.3 is 5.97 Å². The van der Waals surface area contributed by atoms with E-state index in [1.807, 2.05) is 25.1 Å². The smallest absolute Gasteiger partial charge is 0.326 e. The average molecular weight is 247 g/mol. The maximum absolute atomic E-state index is 11.9. The van der Waals surface area contributed by atoms with Gasteiger partial charge in [-0.15, -0.1) is 0 Å². The van der Waals surface area contributed by atoms with E-state index < -0.39 is 5.54 Å². The van der Waals surface area contributed by atoms with Crippen LogP contribution in [0.3, 0.4) is 0 Å². The van der Waals surface area contributed by atoms with Crippen molar-refractivity contribution in [3.05, 3.63) is 35.9 Å². The minimum absolute atomic E-state index is 0.0904. The van der Waals surface area contributed by atoms with Crippen molar-refractivity contribution in [3.63, 3.8) is 0 Å². The molecule has 3 heteroatoms. The normalized spacial score (nSPS) is 28.2. The Kier molecular flexibility index (Phi) is 3.71. The van der Waals surface area contributed by atoms with E-state index in [2.05, 4.69) is 31.3 Å². The number of rotatable bonds is 3. The topological polar surface area (TPSA) is 38.3 Å². The van der Waals surface area contributed by atoms with E-state index in [1.165, 1.54) is 5.56 Å². The van der Waals surface area contributed by atoms with Crippen LogP contribution >= 0.6 is 0 Å². The molecule has 0 bridgehead atoms. The molecule has 98 valence electrons. The number of hydrogen-bond donors (Lipinski definition) is 1. The lowest BCUT2D eigenvalue weighted by molar-refractivity contribution is -0.159. The highest BCUT2D eigenvalue weighted by Crippen LogP contribution is 2.28. The van der Waals surface area contributed by atoms with Gasteiger partial charge in [-0.05, 0) is 24.8 Å². The highest BCUT2D eigenvalue weighted by Gasteiger charge is 2.41. The third-order valence-corrected chi connectivity index (χ3v) is 3.34. The van der Waals surface area contributed by atoms with Crippen LogP contribution in [0.5, 0.6) is 0 Å². The van der Waals surface area contributed by atoms with Gasteiger partial charge in [0.1, 0.15) is 12.1 Å². The summed E-state index contributed by atoms with van der Waals surface area (Å²) in [6.45, 7) is 6.58. The Bertz CT molecular complexity index is 416. The summed E-state index contributed by atoms with van der Waals surface area (Å²) in [7, 11) is 0. The second-order valence-electron chi connectivity index (χ2n) is 5.64. The molecule has 0 aliphatic carbocycles. The zero-order chi connectivity index (χ0) is 13.2. The van der Waals surface area contributed by atoms with Crippen LogP contribution in [0.4, 0.5) is 0 Å². The predicted octanol–water partition coefficient (Wildman–Crippen LogP) is 2.68. The Morgan fingerprint density at radius 2 is 2.06 bits per heavy atom. The molecule has 1 heterocycles. The molecule has 1 aliphatic rings. The van der Waals surface area contributed by atoms with Crippen LogP contribution in [0.2, 0.25) is 0 Å². The van der Waals surface area contributed by atoms with Crippen LogP contribution in [0.15, 0.2) is 30.3 Å². The summed E-state index contributed by atoms with van der Waals surface area (Å²) >= 11 is 0. The van der Waals surface area contributed by atoms with Gasteiger partial charge in [0.2, 0.25) is 0 Å². The lowest BCUT2D eigenvalue weighted by atomic mass is 9.88. The van der Waals surface area contributed by atoms with Crippen molar-refractivity contribution in [2.24, 2.45) is 5.92 Å². The lowest BCUT2D eigenvalue weighted by Crippen LogP contribution is -2.57. The van der Waals surface area contributed by atoms with Gasteiger partial charge in [0.15, 0.2) is 0 Å². The average Bonchev–Trinajstić information content (AvgIpc) is 2.33. The molecule has 2 rings (SSSR count). The van der Waals surface area contributed by atoms with Gasteiger partial charge in [-0.3, -0.25) is 10.1 Å². The molecule has 1 N–H and O–H groups in total. The number of carbonyl (C=O) groups is 1. The highest BCUT2D eigenvalue weighted by molar-refractivity contribution is 5.81. The summed E-state index contributed by atoms with van der Waals surface area (Å²) in [5.41, 5.74) is 0.590. The molecule has 1 aromatic carbocycles. The number of carbonyl (C=O) groups excluding carboxylic acids is 1. The molecule has 0 aromatic heterocycles. The molecule has 3 nitrogen and oxygen atoms in total. The number of nitrogens with one attached hydrogen (secondary N) is 1. The molecule has 0 spiro atoms. The molecule has 1 saturated heterocycles. The predicted molar refractivity (Wildman–Crippen MR) is 71.1 cm³/mol. The Morgan fingerprint density at radius 1 is 1.39 bits per heavy atom. The maximum atomic E-state index is 11.9. The van der Waals surface area contributed by atoms with Gasteiger partial charge in [-0.2, -0.15) is 0 Å². The highest BCUT2D eigenvalue weighted by atomic mass is 16.5. The third-order valence-electron chi connectivity index (χ3n) is 3.34. The van der Waals surface area contributed by atoms with Gasteiger partial charge in [-0.25, -0.2) is 0 Å². The number of ether oxygens (including phenoxy) is 1. The standard InChI is InChI=1S/C15H21NO2/c1-11(2)9-15(3)14(17)18-10-13(16-15)12-7-5-4-6-8-12/h4-8,11,13,16H,9-10H2,1-3H3/t13-,15+/m0/s1. The van der Waals surface area contributed by atoms with Crippen molar-refractivity contribution in [3.8, 4) is 0 Å². The number of morpholine rings is 1. The molecule has 0 saturated carbocycles. The summed E-state index contributed by atoms with van der Waals surface area (Å²) in [6, 6.07) is 10.2. The molecule has 1 aliphatic heterocycles. The van der Waals surface area contributed by atoms with Gasteiger partial charge in [0.05, 0.1) is 6.04 Å². The minimum atomic E-state index is -0.576. The van der Waals surface area contributed by atoms with Crippen LogP contribution in [0, 0.1) is 5.92 Å². The molecule has 2 atom stereocenters. The van der Waals surface area contributed by atoms with E-state index in [9.17, 15) is 4.79 Å². The third kappa shape index (κ3) is 2.72. The molecule has 0 amide bonds. The first-order valence-electron chi connectivity index (χ1n) is 6.51. The van der Waals surface area contributed by atoms with Crippen molar-refractivity contribution in [2.75, 3.05) is 6.61 Å². The van der Waals surface area contributed by atoms with Crippen molar-refractivity contribution < 1.29 is 9.53 Å². The molecular weight excluding hydrogens is 226 g/mol. The van der Waals surface area contributed by atoms with Crippen molar-refractivity contribution in [1.29, 1.82) is 0 Å². The van der Waals surface area contributed by atoms with E-state index >= 15 is 0 Å². The summed E-state index contributed by atoms with van der Waals surface area (Å²) in [6.07, 6.45) is 0.787. The van der Waals surface area contributed by atoms with Crippen molar-refractivity contribution in [1.82, 2.24) is 5.32 Å². The lowest BCUT2D eigenvalue weighted by Gasteiger charge is -2.39. The molecule has 1 fully saturated rings. The number of hydrogen-bond acceptors (Lipinski definition) is 3. The molecular formula is C15H21NO2. The number of esters is 1. The number of cyclic esters (lactones) is 1. The largest absolute Gasteiger partial charge is 0.462 e. The first-order valence-corrected chi connectivity index (χ1v) is 6.51. The summed E-state index contributed by atoms with van der Waals surface area (Å²) < 4.78 is 5.36. The van der Waals surface area contributed by atoms with Gasteiger partial charge in [0.25, 0.3) is 0 Å². The first kappa shape index (κ1) is 13.1. The SMILES string of the molecule is CC(C)C[C@@]1(C)N[C@H](c2ccccc2)COC1=O.